The Kier molecular flexibility index (Phi) is 5.36. The van der Waals surface area contributed by atoms with Gasteiger partial charge < -0.3 is 23.6 Å². The molecule has 0 aliphatic rings. The van der Waals surface area contributed by atoms with Crippen molar-refractivity contribution in [3.63, 3.8) is 0 Å². The molecule has 0 atom stereocenters. The number of methoxy groups -OCH3 is 1. The first-order valence-corrected chi connectivity index (χ1v) is 7.86. The molecule has 0 saturated carbocycles. The molecule has 2 aromatic heterocycles. The van der Waals surface area contributed by atoms with Crippen molar-refractivity contribution in [2.75, 3.05) is 12.4 Å². The van der Waals surface area contributed by atoms with E-state index in [-0.39, 0.29) is 29.4 Å². The van der Waals surface area contributed by atoms with Gasteiger partial charge >= 0.3 is 11.9 Å². The number of hydrogen-bond acceptors (Lipinski definition) is 7. The van der Waals surface area contributed by atoms with Crippen LogP contribution in [0.1, 0.15) is 37.0 Å². The third-order valence-corrected chi connectivity index (χ3v) is 3.62. The van der Waals surface area contributed by atoms with Crippen molar-refractivity contribution in [2.45, 2.75) is 6.61 Å². The van der Waals surface area contributed by atoms with Crippen LogP contribution < -0.4 is 5.32 Å². The Morgan fingerprint density at radius 2 is 1.78 bits per heavy atom. The predicted molar refractivity (Wildman–Crippen MR) is 92.3 cm³/mol. The molecule has 3 rings (SSSR count). The van der Waals surface area contributed by atoms with Gasteiger partial charge in [-0.05, 0) is 30.3 Å². The monoisotopic (exact) mass is 369 g/mol. The average Bonchev–Trinajstić information content (AvgIpc) is 3.37. The fourth-order valence-electron chi connectivity index (χ4n) is 2.30. The molecule has 1 amide bonds. The number of furan rings is 2. The number of amides is 1. The summed E-state index contributed by atoms with van der Waals surface area (Å²) < 4.78 is 19.9. The molecule has 0 radical (unpaired) electrons. The number of esters is 2. The smallest absolute Gasteiger partial charge is 0.374 e. The van der Waals surface area contributed by atoms with E-state index in [9.17, 15) is 14.4 Å². The first-order chi connectivity index (χ1) is 13.1. The van der Waals surface area contributed by atoms with Crippen LogP contribution in [0.5, 0.6) is 0 Å². The van der Waals surface area contributed by atoms with Gasteiger partial charge in [-0.3, -0.25) is 4.79 Å². The first kappa shape index (κ1) is 18.0. The van der Waals surface area contributed by atoms with Gasteiger partial charge in [0.15, 0.2) is 5.76 Å². The molecule has 0 aliphatic carbocycles. The Morgan fingerprint density at radius 3 is 2.52 bits per heavy atom. The molecule has 27 heavy (non-hydrogen) atoms. The van der Waals surface area contributed by atoms with E-state index in [1.165, 1.54) is 37.8 Å². The van der Waals surface area contributed by atoms with Crippen molar-refractivity contribution in [3.05, 3.63) is 77.6 Å². The maximum Gasteiger partial charge on any atom is 0.374 e. The highest BCUT2D eigenvalue weighted by molar-refractivity contribution is 6.06. The molecule has 1 N–H and O–H groups in total. The summed E-state index contributed by atoms with van der Waals surface area (Å²) in [5.41, 5.74) is 0.789. The van der Waals surface area contributed by atoms with Gasteiger partial charge in [0.2, 0.25) is 5.76 Å². The number of rotatable bonds is 6. The van der Waals surface area contributed by atoms with Crippen LogP contribution in [0.25, 0.3) is 0 Å². The fourth-order valence-corrected chi connectivity index (χ4v) is 2.30. The van der Waals surface area contributed by atoms with Crippen molar-refractivity contribution < 1.29 is 32.7 Å². The zero-order valence-electron chi connectivity index (χ0n) is 14.3. The molecule has 8 heteroatoms. The highest BCUT2D eigenvalue weighted by Gasteiger charge is 2.20. The molecule has 138 valence electrons. The molecule has 1 aromatic carbocycles. The van der Waals surface area contributed by atoms with Gasteiger partial charge in [-0.25, -0.2) is 9.59 Å². The summed E-state index contributed by atoms with van der Waals surface area (Å²) in [5.74, 6) is -1.77. The molecular weight excluding hydrogens is 354 g/mol. The van der Waals surface area contributed by atoms with E-state index in [1.54, 1.807) is 24.3 Å². The van der Waals surface area contributed by atoms with E-state index in [4.69, 9.17) is 13.6 Å². The van der Waals surface area contributed by atoms with Crippen LogP contribution in [0.15, 0.2) is 63.8 Å². The predicted octanol–water partition coefficient (Wildman–Crippen LogP) is 3.27. The van der Waals surface area contributed by atoms with Gasteiger partial charge in [-0.2, -0.15) is 0 Å². The Bertz CT molecular complexity index is 956. The zero-order valence-corrected chi connectivity index (χ0v) is 14.3. The van der Waals surface area contributed by atoms with E-state index in [0.29, 0.717) is 5.56 Å². The molecule has 0 unspecified atom stereocenters. The summed E-state index contributed by atoms with van der Waals surface area (Å²) in [7, 11) is 1.22. The number of para-hydroxylation sites is 1. The molecular formula is C19H15NO7. The SMILES string of the molecule is COC(=O)c1occc1COC(=O)c1ccccc1NC(=O)c1ccco1. The number of nitrogens with one attached hydrogen (secondary N) is 1. The van der Waals surface area contributed by atoms with Gasteiger partial charge in [0.1, 0.15) is 6.61 Å². The lowest BCUT2D eigenvalue weighted by Crippen LogP contribution is -2.15. The largest absolute Gasteiger partial charge is 0.463 e. The quantitative estimate of drug-likeness (QED) is 0.664. The highest BCUT2D eigenvalue weighted by Crippen LogP contribution is 2.19. The van der Waals surface area contributed by atoms with Crippen molar-refractivity contribution in [2.24, 2.45) is 0 Å². The van der Waals surface area contributed by atoms with Crippen LogP contribution in [0.4, 0.5) is 5.69 Å². The molecule has 0 saturated heterocycles. The lowest BCUT2D eigenvalue weighted by Gasteiger charge is -2.10. The fraction of sp³-hybridized carbons (Fsp3) is 0.105. The Labute approximate surface area is 153 Å². The van der Waals surface area contributed by atoms with E-state index >= 15 is 0 Å². The van der Waals surface area contributed by atoms with Crippen molar-refractivity contribution >= 4 is 23.5 Å². The minimum absolute atomic E-state index is 0.0373. The lowest BCUT2D eigenvalue weighted by molar-refractivity contribution is 0.0454. The van der Waals surface area contributed by atoms with Gasteiger partial charge in [-0.15, -0.1) is 0 Å². The minimum Gasteiger partial charge on any atom is -0.463 e. The van der Waals surface area contributed by atoms with E-state index < -0.39 is 17.8 Å². The van der Waals surface area contributed by atoms with Crippen LogP contribution >= 0.6 is 0 Å². The van der Waals surface area contributed by atoms with Crippen molar-refractivity contribution in [1.29, 1.82) is 0 Å². The maximum absolute atomic E-state index is 12.4. The molecule has 0 bridgehead atoms. The van der Waals surface area contributed by atoms with E-state index in [1.807, 2.05) is 0 Å². The zero-order chi connectivity index (χ0) is 19.2. The van der Waals surface area contributed by atoms with Gasteiger partial charge in [0.25, 0.3) is 5.91 Å². The number of benzene rings is 1. The second kappa shape index (κ2) is 8.05. The summed E-state index contributed by atoms with van der Waals surface area (Å²) in [6.07, 6.45) is 2.67. The van der Waals surface area contributed by atoms with Crippen LogP contribution in [0, 0.1) is 0 Å². The molecule has 2 heterocycles. The van der Waals surface area contributed by atoms with Crippen molar-refractivity contribution in [3.8, 4) is 0 Å². The Balaban J connectivity index is 1.71. The number of hydrogen-bond donors (Lipinski definition) is 1. The van der Waals surface area contributed by atoms with Gasteiger partial charge in [0.05, 0.1) is 30.9 Å². The number of carbonyl (C=O) groups excluding carboxylic acids is 3. The molecule has 0 spiro atoms. The second-order valence-corrected chi connectivity index (χ2v) is 5.32. The van der Waals surface area contributed by atoms with Crippen LogP contribution in [-0.2, 0) is 16.1 Å². The van der Waals surface area contributed by atoms with Gasteiger partial charge in [-0.1, -0.05) is 12.1 Å². The van der Waals surface area contributed by atoms with Gasteiger partial charge in [0, 0.05) is 5.56 Å². The Hall–Kier alpha value is -3.81. The van der Waals surface area contributed by atoms with E-state index in [2.05, 4.69) is 10.1 Å². The second-order valence-electron chi connectivity index (χ2n) is 5.32. The highest BCUT2D eigenvalue weighted by atomic mass is 16.5. The Morgan fingerprint density at radius 1 is 0.963 bits per heavy atom. The molecule has 8 nitrogen and oxygen atoms in total. The third kappa shape index (κ3) is 4.06. The summed E-state index contributed by atoms with van der Waals surface area (Å²) in [6, 6.07) is 11.0. The average molecular weight is 369 g/mol. The molecule has 0 aliphatic heterocycles. The topological polar surface area (TPSA) is 108 Å². The summed E-state index contributed by atoms with van der Waals surface area (Å²) in [5, 5.41) is 2.60. The lowest BCUT2D eigenvalue weighted by atomic mass is 10.1. The number of carbonyl (C=O) groups is 3. The molecule has 3 aromatic rings. The normalized spacial score (nSPS) is 10.3. The number of ether oxygens (including phenoxy) is 2. The van der Waals surface area contributed by atoms with Crippen LogP contribution in [0.2, 0.25) is 0 Å². The standard InChI is InChI=1S/C19H15NO7/c1-24-19(23)16-12(8-10-26-16)11-27-18(22)13-5-2-3-6-14(13)20-17(21)15-7-4-9-25-15/h2-10H,11H2,1H3,(H,20,21). The van der Waals surface area contributed by atoms with Crippen molar-refractivity contribution in [1.82, 2.24) is 0 Å². The van der Waals surface area contributed by atoms with E-state index in [0.717, 1.165) is 0 Å². The summed E-state index contributed by atoms with van der Waals surface area (Å²) >= 11 is 0. The first-order valence-electron chi connectivity index (χ1n) is 7.86. The summed E-state index contributed by atoms with van der Waals surface area (Å²) in [6.45, 7) is -0.194. The molecule has 0 fully saturated rings. The van der Waals surface area contributed by atoms with Crippen LogP contribution in [-0.4, -0.2) is 25.0 Å². The third-order valence-electron chi connectivity index (χ3n) is 3.62. The minimum atomic E-state index is -0.678. The number of anilines is 1. The maximum atomic E-state index is 12.4. The van der Waals surface area contributed by atoms with Crippen LogP contribution in [0.3, 0.4) is 0 Å². The summed E-state index contributed by atoms with van der Waals surface area (Å²) in [4.78, 5) is 36.1.